The summed E-state index contributed by atoms with van der Waals surface area (Å²) in [5, 5.41) is 0.703. The molecule has 16 heavy (non-hydrogen) atoms. The van der Waals surface area contributed by atoms with Crippen LogP contribution in [0.4, 0.5) is 0 Å². The van der Waals surface area contributed by atoms with Crippen LogP contribution in [0.2, 0.25) is 5.02 Å². The lowest BCUT2D eigenvalue weighted by molar-refractivity contribution is 0.306. The van der Waals surface area contributed by atoms with Crippen molar-refractivity contribution >= 4 is 21.7 Å². The number of rotatable bonds is 5. The van der Waals surface area contributed by atoms with E-state index in [9.17, 15) is 8.42 Å². The van der Waals surface area contributed by atoms with Crippen molar-refractivity contribution in [1.82, 2.24) is 0 Å². The van der Waals surface area contributed by atoms with Gasteiger partial charge in [0.05, 0.1) is 12.9 Å². The molecule has 0 saturated carbocycles. The van der Waals surface area contributed by atoms with Crippen LogP contribution in [-0.4, -0.2) is 21.3 Å². The third kappa shape index (κ3) is 4.51. The highest BCUT2D eigenvalue weighted by Gasteiger charge is 2.10. The monoisotopic (exact) mass is 262 g/mol. The van der Waals surface area contributed by atoms with E-state index in [0.29, 0.717) is 11.4 Å². The zero-order chi connectivity index (χ0) is 12.2. The standard InChI is InChI=1S/C11H15ClO3S/c1-9(7-8-15-16(2,13)14)10-5-3-4-6-11(10)12/h3-6,9H,7-8H2,1-2H3. The second-order valence-electron chi connectivity index (χ2n) is 3.74. The maximum absolute atomic E-state index is 10.8. The van der Waals surface area contributed by atoms with Crippen molar-refractivity contribution in [2.45, 2.75) is 19.3 Å². The molecule has 90 valence electrons. The number of hydrogen-bond acceptors (Lipinski definition) is 3. The molecule has 1 aromatic carbocycles. The molecule has 0 aromatic heterocycles. The molecule has 0 N–H and O–H groups in total. The average Bonchev–Trinajstić information content (AvgIpc) is 2.16. The van der Waals surface area contributed by atoms with E-state index < -0.39 is 10.1 Å². The second kappa shape index (κ2) is 5.66. The van der Waals surface area contributed by atoms with Gasteiger partial charge in [-0.3, -0.25) is 4.18 Å². The Labute approximate surface area is 102 Å². The van der Waals surface area contributed by atoms with Crippen molar-refractivity contribution in [3.63, 3.8) is 0 Å². The Kier molecular flexibility index (Phi) is 4.77. The van der Waals surface area contributed by atoms with Crippen LogP contribution in [0.1, 0.15) is 24.8 Å². The van der Waals surface area contributed by atoms with Gasteiger partial charge in [0.15, 0.2) is 0 Å². The van der Waals surface area contributed by atoms with Crippen molar-refractivity contribution in [2.75, 3.05) is 12.9 Å². The Morgan fingerprint density at radius 2 is 2.00 bits per heavy atom. The molecule has 0 bridgehead atoms. The Morgan fingerprint density at radius 1 is 1.38 bits per heavy atom. The van der Waals surface area contributed by atoms with E-state index in [1.807, 2.05) is 31.2 Å². The minimum Gasteiger partial charge on any atom is -0.270 e. The maximum atomic E-state index is 10.8. The molecule has 1 rings (SSSR count). The quantitative estimate of drug-likeness (QED) is 0.767. The van der Waals surface area contributed by atoms with Gasteiger partial charge < -0.3 is 0 Å². The van der Waals surface area contributed by atoms with Crippen LogP contribution in [0.3, 0.4) is 0 Å². The van der Waals surface area contributed by atoms with Crippen LogP contribution < -0.4 is 0 Å². The summed E-state index contributed by atoms with van der Waals surface area (Å²) in [5.41, 5.74) is 1.02. The van der Waals surface area contributed by atoms with E-state index in [2.05, 4.69) is 0 Å². The first-order valence-electron chi connectivity index (χ1n) is 4.99. The maximum Gasteiger partial charge on any atom is 0.264 e. The summed E-state index contributed by atoms with van der Waals surface area (Å²) in [6.45, 7) is 2.18. The van der Waals surface area contributed by atoms with Crippen molar-refractivity contribution in [1.29, 1.82) is 0 Å². The summed E-state index contributed by atoms with van der Waals surface area (Å²) in [5.74, 6) is 0.176. The largest absolute Gasteiger partial charge is 0.270 e. The predicted octanol–water partition coefficient (Wildman–Crippen LogP) is 2.81. The van der Waals surface area contributed by atoms with Gasteiger partial charge in [-0.25, -0.2) is 0 Å². The highest BCUT2D eigenvalue weighted by Crippen LogP contribution is 2.26. The Balaban J connectivity index is 2.54. The molecule has 1 unspecified atom stereocenters. The molecule has 0 fully saturated rings. The molecule has 0 radical (unpaired) electrons. The van der Waals surface area contributed by atoms with Crippen molar-refractivity contribution in [2.24, 2.45) is 0 Å². The first-order chi connectivity index (χ1) is 7.40. The minimum atomic E-state index is -3.35. The fraction of sp³-hybridized carbons (Fsp3) is 0.455. The van der Waals surface area contributed by atoms with Gasteiger partial charge in [0.1, 0.15) is 0 Å². The third-order valence-corrected chi connectivity index (χ3v) is 3.22. The minimum absolute atomic E-state index is 0.176. The lowest BCUT2D eigenvalue weighted by atomic mass is 9.98. The van der Waals surface area contributed by atoms with Gasteiger partial charge in [-0.05, 0) is 24.0 Å². The SMILES string of the molecule is CC(CCOS(C)(=O)=O)c1ccccc1Cl. The summed E-state index contributed by atoms with van der Waals surface area (Å²) in [7, 11) is -3.35. The highest BCUT2D eigenvalue weighted by atomic mass is 35.5. The Morgan fingerprint density at radius 3 is 2.56 bits per heavy atom. The van der Waals surface area contributed by atoms with Crippen LogP contribution in [0.15, 0.2) is 24.3 Å². The summed E-state index contributed by atoms with van der Waals surface area (Å²) in [4.78, 5) is 0. The van der Waals surface area contributed by atoms with Gasteiger partial charge in [-0.2, -0.15) is 8.42 Å². The van der Waals surface area contributed by atoms with Crippen LogP contribution in [-0.2, 0) is 14.3 Å². The van der Waals surface area contributed by atoms with Gasteiger partial charge in [-0.1, -0.05) is 36.7 Å². The van der Waals surface area contributed by atoms with Gasteiger partial charge in [0.25, 0.3) is 10.1 Å². The van der Waals surface area contributed by atoms with E-state index in [-0.39, 0.29) is 12.5 Å². The molecule has 5 heteroatoms. The molecule has 1 aromatic rings. The molecule has 0 aliphatic carbocycles. The van der Waals surface area contributed by atoms with Crippen molar-refractivity contribution < 1.29 is 12.6 Å². The number of hydrogen-bond donors (Lipinski definition) is 0. The average molecular weight is 263 g/mol. The zero-order valence-electron chi connectivity index (χ0n) is 9.31. The van der Waals surface area contributed by atoms with Crippen molar-refractivity contribution in [3.05, 3.63) is 34.9 Å². The fourth-order valence-corrected chi connectivity index (χ4v) is 2.13. The van der Waals surface area contributed by atoms with Crippen LogP contribution >= 0.6 is 11.6 Å². The molecule has 0 spiro atoms. The first kappa shape index (κ1) is 13.5. The molecular formula is C11H15ClO3S. The summed E-state index contributed by atoms with van der Waals surface area (Å²) in [6, 6.07) is 7.54. The molecule has 3 nitrogen and oxygen atoms in total. The second-order valence-corrected chi connectivity index (χ2v) is 5.79. The predicted molar refractivity (Wildman–Crippen MR) is 65.3 cm³/mol. The third-order valence-electron chi connectivity index (χ3n) is 2.28. The summed E-state index contributed by atoms with van der Waals surface area (Å²) < 4.78 is 26.2. The molecular weight excluding hydrogens is 248 g/mol. The number of halogens is 1. The topological polar surface area (TPSA) is 43.4 Å². The van der Waals surface area contributed by atoms with Crippen LogP contribution in [0, 0.1) is 0 Å². The molecule has 0 heterocycles. The zero-order valence-corrected chi connectivity index (χ0v) is 10.9. The first-order valence-corrected chi connectivity index (χ1v) is 7.18. The van der Waals surface area contributed by atoms with E-state index >= 15 is 0 Å². The van der Waals surface area contributed by atoms with E-state index in [1.54, 1.807) is 0 Å². The van der Waals surface area contributed by atoms with Crippen LogP contribution in [0.5, 0.6) is 0 Å². The smallest absolute Gasteiger partial charge is 0.264 e. The fourth-order valence-electron chi connectivity index (χ4n) is 1.41. The normalized spacial score (nSPS) is 13.7. The van der Waals surface area contributed by atoms with Gasteiger partial charge >= 0.3 is 0 Å². The van der Waals surface area contributed by atoms with Crippen LogP contribution in [0.25, 0.3) is 0 Å². The molecule has 1 atom stereocenters. The van der Waals surface area contributed by atoms with Gasteiger partial charge in [-0.15, -0.1) is 0 Å². The Hall–Kier alpha value is -0.580. The lowest BCUT2D eigenvalue weighted by Crippen LogP contribution is -2.07. The Bertz CT molecular complexity index is 442. The lowest BCUT2D eigenvalue weighted by Gasteiger charge is -2.12. The van der Waals surface area contributed by atoms with Gasteiger partial charge in [0.2, 0.25) is 0 Å². The van der Waals surface area contributed by atoms with Gasteiger partial charge in [0, 0.05) is 5.02 Å². The summed E-state index contributed by atoms with van der Waals surface area (Å²) >= 11 is 6.03. The van der Waals surface area contributed by atoms with E-state index in [0.717, 1.165) is 11.8 Å². The number of benzene rings is 1. The molecule has 0 saturated heterocycles. The van der Waals surface area contributed by atoms with E-state index in [1.165, 1.54) is 0 Å². The van der Waals surface area contributed by atoms with E-state index in [4.69, 9.17) is 15.8 Å². The van der Waals surface area contributed by atoms with Crippen molar-refractivity contribution in [3.8, 4) is 0 Å². The molecule has 0 amide bonds. The molecule has 0 aliphatic heterocycles. The summed E-state index contributed by atoms with van der Waals surface area (Å²) in [6.07, 6.45) is 1.67. The highest BCUT2D eigenvalue weighted by molar-refractivity contribution is 7.85. The molecule has 0 aliphatic rings.